The summed E-state index contributed by atoms with van der Waals surface area (Å²) in [5.41, 5.74) is 2.97. The number of nitrogens with zero attached hydrogens (tertiary/aromatic N) is 1. The summed E-state index contributed by atoms with van der Waals surface area (Å²) in [6.45, 7) is 2.51. The molecular formula is C21H24N2O2. The first-order valence-electron chi connectivity index (χ1n) is 9.11. The number of rotatable bonds is 5. The van der Waals surface area contributed by atoms with Crippen LogP contribution in [0.4, 0.5) is 0 Å². The Morgan fingerprint density at radius 3 is 2.68 bits per heavy atom. The molecule has 0 spiro atoms. The molecule has 1 atom stereocenters. The summed E-state index contributed by atoms with van der Waals surface area (Å²) in [5.74, 6) is 0.786. The number of hydrogen-bond donors (Lipinski definition) is 2. The minimum Gasteiger partial charge on any atom is -0.508 e. The molecule has 2 fully saturated rings. The largest absolute Gasteiger partial charge is 0.508 e. The summed E-state index contributed by atoms with van der Waals surface area (Å²) in [6.07, 6.45) is 3.22. The highest BCUT2D eigenvalue weighted by atomic mass is 16.3. The van der Waals surface area contributed by atoms with Crippen molar-refractivity contribution in [3.8, 4) is 5.75 Å². The van der Waals surface area contributed by atoms with Gasteiger partial charge in [0.1, 0.15) is 5.75 Å². The number of benzene rings is 2. The molecule has 2 N–H and O–H groups in total. The molecule has 25 heavy (non-hydrogen) atoms. The molecule has 4 rings (SSSR count). The first-order chi connectivity index (χ1) is 12.2. The van der Waals surface area contributed by atoms with Gasteiger partial charge in [-0.25, -0.2) is 0 Å². The lowest BCUT2D eigenvalue weighted by Crippen LogP contribution is -2.33. The molecule has 4 heteroatoms. The topological polar surface area (TPSA) is 52.6 Å². The van der Waals surface area contributed by atoms with E-state index < -0.39 is 0 Å². The van der Waals surface area contributed by atoms with Gasteiger partial charge in [-0.1, -0.05) is 30.3 Å². The third kappa shape index (κ3) is 3.54. The van der Waals surface area contributed by atoms with Crippen molar-refractivity contribution >= 4 is 5.91 Å². The zero-order chi connectivity index (χ0) is 17.2. The molecular weight excluding hydrogens is 312 g/mol. The van der Waals surface area contributed by atoms with E-state index in [2.05, 4.69) is 11.4 Å². The van der Waals surface area contributed by atoms with E-state index in [9.17, 15) is 9.90 Å². The van der Waals surface area contributed by atoms with Crippen LogP contribution in [0.3, 0.4) is 0 Å². The molecule has 130 valence electrons. The van der Waals surface area contributed by atoms with E-state index in [1.807, 2.05) is 35.2 Å². The van der Waals surface area contributed by atoms with Crippen LogP contribution in [0.1, 0.15) is 46.7 Å². The van der Waals surface area contributed by atoms with Gasteiger partial charge in [0.15, 0.2) is 0 Å². The van der Waals surface area contributed by atoms with Gasteiger partial charge in [-0.15, -0.1) is 0 Å². The Hall–Kier alpha value is -2.33. The minimum absolute atomic E-state index is 0.119. The van der Waals surface area contributed by atoms with E-state index in [0.29, 0.717) is 18.5 Å². The average Bonchev–Trinajstić information content (AvgIpc) is 3.32. The van der Waals surface area contributed by atoms with Crippen molar-refractivity contribution in [3.63, 3.8) is 0 Å². The van der Waals surface area contributed by atoms with Crippen molar-refractivity contribution in [2.45, 2.75) is 37.8 Å². The van der Waals surface area contributed by atoms with E-state index in [1.165, 1.54) is 5.56 Å². The molecule has 1 amide bonds. The molecule has 1 heterocycles. The Morgan fingerprint density at radius 1 is 1.12 bits per heavy atom. The standard InChI is InChI=1S/C21H24N2O2/c24-18-5-3-4-15(12-18)14-23(17-8-9-17)21(25)20-7-2-1-6-19(20)16-10-11-22-13-16/h1-7,12,16-17,22,24H,8-11,13-14H2. The highest BCUT2D eigenvalue weighted by Gasteiger charge is 2.34. The number of carbonyl (C=O) groups is 1. The quantitative estimate of drug-likeness (QED) is 0.881. The summed E-state index contributed by atoms with van der Waals surface area (Å²) in [4.78, 5) is 15.3. The maximum Gasteiger partial charge on any atom is 0.254 e. The van der Waals surface area contributed by atoms with Crippen molar-refractivity contribution in [2.75, 3.05) is 13.1 Å². The highest BCUT2D eigenvalue weighted by molar-refractivity contribution is 5.96. The van der Waals surface area contributed by atoms with Gasteiger partial charge in [0.2, 0.25) is 0 Å². The third-order valence-corrected chi connectivity index (χ3v) is 5.20. The summed E-state index contributed by atoms with van der Waals surface area (Å²) >= 11 is 0. The van der Waals surface area contributed by atoms with Gasteiger partial charge in [-0.2, -0.15) is 0 Å². The fraction of sp³-hybridized carbons (Fsp3) is 0.381. The highest BCUT2D eigenvalue weighted by Crippen LogP contribution is 2.33. The van der Waals surface area contributed by atoms with E-state index in [1.54, 1.807) is 12.1 Å². The number of phenols is 1. The Morgan fingerprint density at radius 2 is 1.96 bits per heavy atom. The number of hydrogen-bond acceptors (Lipinski definition) is 3. The monoisotopic (exact) mass is 336 g/mol. The number of nitrogens with one attached hydrogen (secondary N) is 1. The van der Waals surface area contributed by atoms with Crippen LogP contribution in [0.2, 0.25) is 0 Å². The minimum atomic E-state index is 0.119. The predicted octanol–water partition coefficient (Wildman–Crippen LogP) is 3.27. The van der Waals surface area contributed by atoms with E-state index in [4.69, 9.17) is 0 Å². The van der Waals surface area contributed by atoms with Crippen LogP contribution in [0.25, 0.3) is 0 Å². The fourth-order valence-corrected chi connectivity index (χ4v) is 3.73. The summed E-state index contributed by atoms with van der Waals surface area (Å²) < 4.78 is 0. The molecule has 2 aromatic carbocycles. The van der Waals surface area contributed by atoms with E-state index in [-0.39, 0.29) is 11.7 Å². The van der Waals surface area contributed by atoms with E-state index >= 15 is 0 Å². The SMILES string of the molecule is O=C(c1ccccc1C1CCNC1)N(Cc1cccc(O)c1)C1CC1. The molecule has 1 unspecified atom stereocenters. The second-order valence-electron chi connectivity index (χ2n) is 7.11. The fourth-order valence-electron chi connectivity index (χ4n) is 3.73. The molecule has 1 aliphatic heterocycles. The lowest BCUT2D eigenvalue weighted by Gasteiger charge is -2.25. The van der Waals surface area contributed by atoms with Crippen LogP contribution in [0.5, 0.6) is 5.75 Å². The van der Waals surface area contributed by atoms with Gasteiger partial charge in [-0.3, -0.25) is 4.79 Å². The van der Waals surface area contributed by atoms with Crippen molar-refractivity contribution in [1.29, 1.82) is 0 Å². The Kier molecular flexibility index (Phi) is 4.45. The molecule has 1 saturated carbocycles. The number of amides is 1. The van der Waals surface area contributed by atoms with Gasteiger partial charge in [0, 0.05) is 24.7 Å². The Bertz CT molecular complexity index is 764. The average molecular weight is 336 g/mol. The van der Waals surface area contributed by atoms with Crippen LogP contribution < -0.4 is 5.32 Å². The predicted molar refractivity (Wildman–Crippen MR) is 97.7 cm³/mol. The van der Waals surface area contributed by atoms with Crippen LogP contribution in [-0.2, 0) is 6.54 Å². The van der Waals surface area contributed by atoms with E-state index in [0.717, 1.165) is 43.5 Å². The smallest absolute Gasteiger partial charge is 0.254 e. The second kappa shape index (κ2) is 6.89. The Balaban J connectivity index is 1.61. The molecule has 2 aromatic rings. The summed E-state index contributed by atoms with van der Waals surface area (Å²) in [7, 11) is 0. The maximum absolute atomic E-state index is 13.3. The van der Waals surface area contributed by atoms with Crippen molar-refractivity contribution in [3.05, 3.63) is 65.2 Å². The van der Waals surface area contributed by atoms with Crippen LogP contribution in [-0.4, -0.2) is 35.0 Å². The molecule has 1 saturated heterocycles. The normalized spacial score (nSPS) is 19.8. The van der Waals surface area contributed by atoms with Gasteiger partial charge < -0.3 is 15.3 Å². The van der Waals surface area contributed by atoms with Crippen molar-refractivity contribution in [1.82, 2.24) is 10.2 Å². The number of aromatic hydroxyl groups is 1. The van der Waals surface area contributed by atoms with Crippen molar-refractivity contribution < 1.29 is 9.90 Å². The summed E-state index contributed by atoms with van der Waals surface area (Å²) in [6, 6.07) is 15.6. The second-order valence-corrected chi connectivity index (χ2v) is 7.11. The molecule has 1 aliphatic carbocycles. The zero-order valence-electron chi connectivity index (χ0n) is 14.3. The molecule has 4 nitrogen and oxygen atoms in total. The van der Waals surface area contributed by atoms with Crippen LogP contribution in [0.15, 0.2) is 48.5 Å². The van der Waals surface area contributed by atoms with Gasteiger partial charge in [-0.05, 0) is 61.1 Å². The number of carbonyl (C=O) groups excluding carboxylic acids is 1. The van der Waals surface area contributed by atoms with Gasteiger partial charge in [0.25, 0.3) is 5.91 Å². The first kappa shape index (κ1) is 16.2. The number of phenolic OH excluding ortho intramolecular Hbond substituents is 1. The zero-order valence-corrected chi connectivity index (χ0v) is 14.3. The molecule has 2 aliphatic rings. The lowest BCUT2D eigenvalue weighted by atomic mass is 9.92. The van der Waals surface area contributed by atoms with Gasteiger partial charge >= 0.3 is 0 Å². The molecule has 0 aromatic heterocycles. The van der Waals surface area contributed by atoms with Gasteiger partial charge in [0.05, 0.1) is 0 Å². The molecule has 0 radical (unpaired) electrons. The lowest BCUT2D eigenvalue weighted by molar-refractivity contribution is 0.0728. The first-order valence-corrected chi connectivity index (χ1v) is 9.11. The van der Waals surface area contributed by atoms with Crippen LogP contribution in [0, 0.1) is 0 Å². The van der Waals surface area contributed by atoms with Crippen LogP contribution >= 0.6 is 0 Å². The Labute approximate surface area is 148 Å². The maximum atomic E-state index is 13.3. The summed E-state index contributed by atoms with van der Waals surface area (Å²) in [5, 5.41) is 13.1. The molecule has 0 bridgehead atoms. The third-order valence-electron chi connectivity index (χ3n) is 5.20. The van der Waals surface area contributed by atoms with Crippen molar-refractivity contribution in [2.24, 2.45) is 0 Å².